The molecule has 1 heterocycles. The summed E-state index contributed by atoms with van der Waals surface area (Å²) in [6, 6.07) is 4.05. The molecule has 0 aromatic heterocycles. The number of ether oxygens (including phenoxy) is 1. The van der Waals surface area contributed by atoms with Crippen molar-refractivity contribution < 1.29 is 13.9 Å². The van der Waals surface area contributed by atoms with Gasteiger partial charge in [0.25, 0.3) is 0 Å². The van der Waals surface area contributed by atoms with Crippen molar-refractivity contribution in [1.82, 2.24) is 9.80 Å². The minimum Gasteiger partial charge on any atom is -0.496 e. The number of halogens is 1. The van der Waals surface area contributed by atoms with Gasteiger partial charge in [-0.3, -0.25) is 9.69 Å². The van der Waals surface area contributed by atoms with Crippen LogP contribution in [0.4, 0.5) is 4.39 Å². The average molecular weight is 337 g/mol. The first-order valence-corrected chi connectivity index (χ1v) is 8.31. The van der Waals surface area contributed by atoms with Crippen molar-refractivity contribution in [2.45, 2.75) is 33.4 Å². The first-order chi connectivity index (χ1) is 11.2. The molecule has 0 unspecified atom stereocenters. The first-order valence-electron chi connectivity index (χ1n) is 8.31. The van der Waals surface area contributed by atoms with Gasteiger partial charge < -0.3 is 15.4 Å². The van der Waals surface area contributed by atoms with Gasteiger partial charge in [-0.15, -0.1) is 0 Å². The number of nitrogens with zero attached hydrogens (tertiary/aromatic N) is 2. The van der Waals surface area contributed by atoms with Crippen molar-refractivity contribution in [2.24, 2.45) is 11.1 Å². The lowest BCUT2D eigenvalue weighted by Gasteiger charge is -2.38. The van der Waals surface area contributed by atoms with Gasteiger partial charge in [0, 0.05) is 38.3 Å². The zero-order valence-electron chi connectivity index (χ0n) is 15.0. The summed E-state index contributed by atoms with van der Waals surface area (Å²) in [6.45, 7) is 9.28. The maximum absolute atomic E-state index is 13.5. The van der Waals surface area contributed by atoms with Gasteiger partial charge >= 0.3 is 0 Å². The number of hydrogen-bond acceptors (Lipinski definition) is 4. The van der Waals surface area contributed by atoms with Crippen molar-refractivity contribution in [2.75, 3.05) is 33.3 Å². The molecule has 0 radical (unpaired) electrons. The van der Waals surface area contributed by atoms with Crippen LogP contribution in [0.15, 0.2) is 18.2 Å². The Kier molecular flexibility index (Phi) is 5.83. The van der Waals surface area contributed by atoms with Gasteiger partial charge in [0.2, 0.25) is 5.91 Å². The Morgan fingerprint density at radius 3 is 2.46 bits per heavy atom. The molecular formula is C18H28FN3O2. The van der Waals surface area contributed by atoms with E-state index in [4.69, 9.17) is 10.5 Å². The maximum Gasteiger partial charge on any atom is 0.240 e. The van der Waals surface area contributed by atoms with E-state index in [0.717, 1.165) is 18.7 Å². The van der Waals surface area contributed by atoms with E-state index in [1.807, 2.05) is 25.7 Å². The third kappa shape index (κ3) is 4.45. The monoisotopic (exact) mass is 337 g/mol. The number of hydrogen-bond donors (Lipinski definition) is 1. The summed E-state index contributed by atoms with van der Waals surface area (Å²) < 4.78 is 18.8. The highest BCUT2D eigenvalue weighted by Gasteiger charge is 2.32. The van der Waals surface area contributed by atoms with Crippen molar-refractivity contribution in [3.63, 3.8) is 0 Å². The molecule has 1 saturated heterocycles. The molecule has 2 N–H and O–H groups in total. The van der Waals surface area contributed by atoms with E-state index < -0.39 is 6.04 Å². The van der Waals surface area contributed by atoms with Gasteiger partial charge in [-0.25, -0.2) is 4.39 Å². The topological polar surface area (TPSA) is 58.8 Å². The van der Waals surface area contributed by atoms with Gasteiger partial charge in [-0.2, -0.15) is 0 Å². The fourth-order valence-electron chi connectivity index (χ4n) is 2.81. The summed E-state index contributed by atoms with van der Waals surface area (Å²) in [6.07, 6.45) is 0. The lowest BCUT2D eigenvalue weighted by atomic mass is 9.86. The first kappa shape index (κ1) is 18.7. The minimum atomic E-state index is -0.493. The summed E-state index contributed by atoms with van der Waals surface area (Å²) in [5.41, 5.74) is 6.65. The normalized spacial score (nSPS) is 17.7. The Bertz CT molecular complexity index is 578. The number of benzene rings is 1. The molecule has 134 valence electrons. The number of rotatable bonds is 4. The van der Waals surface area contributed by atoms with Crippen LogP contribution < -0.4 is 10.5 Å². The van der Waals surface area contributed by atoms with Gasteiger partial charge in [0.05, 0.1) is 13.2 Å². The van der Waals surface area contributed by atoms with Crippen molar-refractivity contribution in [3.05, 3.63) is 29.6 Å². The molecule has 1 aromatic rings. The highest BCUT2D eigenvalue weighted by atomic mass is 19.1. The molecule has 1 amide bonds. The Morgan fingerprint density at radius 1 is 1.29 bits per heavy atom. The van der Waals surface area contributed by atoms with Crippen molar-refractivity contribution >= 4 is 5.91 Å². The summed E-state index contributed by atoms with van der Waals surface area (Å²) in [5.74, 6) is 0.422. The molecule has 5 nitrogen and oxygen atoms in total. The van der Waals surface area contributed by atoms with E-state index in [2.05, 4.69) is 4.90 Å². The minimum absolute atomic E-state index is 0.00508. The number of carbonyl (C=O) groups is 1. The molecular weight excluding hydrogens is 309 g/mol. The van der Waals surface area contributed by atoms with E-state index in [9.17, 15) is 9.18 Å². The molecule has 1 aromatic carbocycles. The third-order valence-electron chi connectivity index (χ3n) is 4.52. The molecule has 1 aliphatic heterocycles. The van der Waals surface area contributed by atoms with Crippen LogP contribution in [-0.4, -0.2) is 55.0 Å². The zero-order chi connectivity index (χ0) is 17.9. The van der Waals surface area contributed by atoms with Gasteiger partial charge in [-0.1, -0.05) is 20.8 Å². The molecule has 0 bridgehead atoms. The summed E-state index contributed by atoms with van der Waals surface area (Å²) in [5, 5.41) is 0. The van der Waals surface area contributed by atoms with E-state index >= 15 is 0 Å². The molecule has 1 aliphatic rings. The Morgan fingerprint density at radius 2 is 1.92 bits per heavy atom. The van der Waals surface area contributed by atoms with Crippen LogP contribution in [0.25, 0.3) is 0 Å². The number of carbonyl (C=O) groups excluding carboxylic acids is 1. The van der Waals surface area contributed by atoms with Crippen molar-refractivity contribution in [1.29, 1.82) is 0 Å². The number of piperazine rings is 1. The lowest BCUT2D eigenvalue weighted by Crippen LogP contribution is -2.56. The van der Waals surface area contributed by atoms with Crippen LogP contribution in [0, 0.1) is 11.2 Å². The van der Waals surface area contributed by atoms with Gasteiger partial charge in [0.15, 0.2) is 0 Å². The van der Waals surface area contributed by atoms with E-state index in [-0.39, 0.29) is 17.1 Å². The van der Waals surface area contributed by atoms with E-state index in [0.29, 0.717) is 25.4 Å². The molecule has 2 rings (SSSR count). The number of nitrogens with two attached hydrogens (primary N) is 1. The fourth-order valence-corrected chi connectivity index (χ4v) is 2.81. The predicted octanol–water partition coefficient (Wildman–Crippen LogP) is 1.85. The number of amides is 1. The second-order valence-corrected chi connectivity index (χ2v) is 7.40. The Balaban J connectivity index is 1.94. The highest BCUT2D eigenvalue weighted by molar-refractivity contribution is 5.82. The standard InChI is InChI=1S/C18H28FN3O2/c1-18(2,3)16(20)17(23)22-9-7-21(8-10-22)12-13-11-14(19)5-6-15(13)24-4/h5-6,11,16H,7-10,12,20H2,1-4H3/t16-/m1/s1. The van der Waals surface area contributed by atoms with Crippen LogP contribution in [0.5, 0.6) is 5.75 Å². The van der Waals surface area contributed by atoms with Gasteiger partial charge in [0.1, 0.15) is 11.6 Å². The third-order valence-corrected chi connectivity index (χ3v) is 4.52. The van der Waals surface area contributed by atoms with Crippen LogP contribution in [-0.2, 0) is 11.3 Å². The number of methoxy groups -OCH3 is 1. The molecule has 24 heavy (non-hydrogen) atoms. The summed E-state index contributed by atoms with van der Waals surface area (Å²) in [7, 11) is 1.58. The molecule has 1 atom stereocenters. The SMILES string of the molecule is COc1ccc(F)cc1CN1CCN(C(=O)[C@@H](N)C(C)(C)C)CC1. The molecule has 0 aliphatic carbocycles. The van der Waals surface area contributed by atoms with Crippen LogP contribution in [0.3, 0.4) is 0 Å². The Hall–Kier alpha value is -1.66. The van der Waals surface area contributed by atoms with Crippen LogP contribution >= 0.6 is 0 Å². The molecule has 0 saturated carbocycles. The Labute approximate surface area is 143 Å². The second kappa shape index (κ2) is 7.49. The molecule has 1 fully saturated rings. The van der Waals surface area contributed by atoms with Crippen LogP contribution in [0.1, 0.15) is 26.3 Å². The second-order valence-electron chi connectivity index (χ2n) is 7.40. The van der Waals surface area contributed by atoms with Gasteiger partial charge in [-0.05, 0) is 23.6 Å². The summed E-state index contributed by atoms with van der Waals surface area (Å²) >= 11 is 0. The summed E-state index contributed by atoms with van der Waals surface area (Å²) in [4.78, 5) is 16.5. The largest absolute Gasteiger partial charge is 0.496 e. The average Bonchev–Trinajstić information content (AvgIpc) is 2.53. The smallest absolute Gasteiger partial charge is 0.240 e. The quantitative estimate of drug-likeness (QED) is 0.911. The zero-order valence-corrected chi connectivity index (χ0v) is 15.0. The van der Waals surface area contributed by atoms with E-state index in [1.54, 1.807) is 13.2 Å². The van der Waals surface area contributed by atoms with Crippen molar-refractivity contribution in [3.8, 4) is 5.75 Å². The molecule has 6 heteroatoms. The van der Waals surface area contributed by atoms with E-state index in [1.165, 1.54) is 12.1 Å². The molecule has 0 spiro atoms. The fraction of sp³-hybridized carbons (Fsp3) is 0.611. The lowest BCUT2D eigenvalue weighted by molar-refractivity contribution is -0.136. The maximum atomic E-state index is 13.5. The highest BCUT2D eigenvalue weighted by Crippen LogP contribution is 2.23. The van der Waals surface area contributed by atoms with Crippen LogP contribution in [0.2, 0.25) is 0 Å². The predicted molar refractivity (Wildman–Crippen MR) is 92.2 cm³/mol.